The molecule has 0 bridgehead atoms. The van der Waals surface area contributed by atoms with Gasteiger partial charge in [0.25, 0.3) is 0 Å². The van der Waals surface area contributed by atoms with Gasteiger partial charge in [-0.2, -0.15) is 4.31 Å². The van der Waals surface area contributed by atoms with Crippen molar-refractivity contribution in [1.29, 1.82) is 0 Å². The summed E-state index contributed by atoms with van der Waals surface area (Å²) in [6.45, 7) is 1.65. The second-order valence-electron chi connectivity index (χ2n) is 4.88. The Bertz CT molecular complexity index is 409. The predicted octanol–water partition coefficient (Wildman–Crippen LogP) is -0.437. The number of hydrogen-bond acceptors (Lipinski definition) is 4. The smallest absolute Gasteiger partial charge is 0.224 e. The SMILES string of the molecule is CS(=O)(=O)N1CCOCCNC(=O)C2CCCC21. The van der Waals surface area contributed by atoms with Gasteiger partial charge in [-0.3, -0.25) is 4.79 Å². The third-order valence-electron chi connectivity index (χ3n) is 3.61. The van der Waals surface area contributed by atoms with Gasteiger partial charge in [0.05, 0.1) is 25.4 Å². The van der Waals surface area contributed by atoms with Crippen LogP contribution < -0.4 is 5.32 Å². The van der Waals surface area contributed by atoms with E-state index in [1.54, 1.807) is 0 Å². The first-order valence-electron chi connectivity index (χ1n) is 6.32. The highest BCUT2D eigenvalue weighted by Crippen LogP contribution is 2.31. The van der Waals surface area contributed by atoms with Crippen LogP contribution in [-0.4, -0.2) is 57.2 Å². The molecule has 1 saturated heterocycles. The zero-order chi connectivity index (χ0) is 13.2. The third kappa shape index (κ3) is 3.02. The maximum Gasteiger partial charge on any atom is 0.224 e. The van der Waals surface area contributed by atoms with Gasteiger partial charge in [0.2, 0.25) is 15.9 Å². The van der Waals surface area contributed by atoms with E-state index >= 15 is 0 Å². The Hall–Kier alpha value is -0.660. The topological polar surface area (TPSA) is 75.7 Å². The maximum atomic E-state index is 12.0. The summed E-state index contributed by atoms with van der Waals surface area (Å²) in [6.07, 6.45) is 3.62. The fraction of sp³-hybridized carbons (Fsp3) is 0.909. The summed E-state index contributed by atoms with van der Waals surface area (Å²) in [6, 6.07) is -0.207. The van der Waals surface area contributed by atoms with Crippen LogP contribution in [0.2, 0.25) is 0 Å². The van der Waals surface area contributed by atoms with Crippen molar-refractivity contribution in [3.8, 4) is 0 Å². The predicted molar refractivity (Wildman–Crippen MR) is 66.5 cm³/mol. The van der Waals surface area contributed by atoms with Gasteiger partial charge in [-0.25, -0.2) is 8.42 Å². The molecule has 0 aromatic carbocycles. The Morgan fingerprint density at radius 2 is 2.11 bits per heavy atom. The van der Waals surface area contributed by atoms with Gasteiger partial charge in [-0.1, -0.05) is 6.42 Å². The average Bonchev–Trinajstić information content (AvgIpc) is 2.74. The quantitative estimate of drug-likeness (QED) is 0.705. The number of rotatable bonds is 1. The lowest BCUT2D eigenvalue weighted by Gasteiger charge is -2.31. The lowest BCUT2D eigenvalue weighted by Crippen LogP contribution is -2.49. The minimum absolute atomic E-state index is 0.0448. The maximum absolute atomic E-state index is 12.0. The first kappa shape index (κ1) is 13.8. The van der Waals surface area contributed by atoms with Crippen LogP contribution in [0.15, 0.2) is 0 Å². The van der Waals surface area contributed by atoms with Crippen LogP contribution in [0.3, 0.4) is 0 Å². The van der Waals surface area contributed by atoms with Crippen LogP contribution in [-0.2, 0) is 19.6 Å². The monoisotopic (exact) mass is 276 g/mol. The lowest BCUT2D eigenvalue weighted by molar-refractivity contribution is -0.126. The second kappa shape index (κ2) is 5.54. The van der Waals surface area contributed by atoms with Crippen LogP contribution in [0.1, 0.15) is 19.3 Å². The molecular formula is C11H20N2O4S. The minimum Gasteiger partial charge on any atom is -0.378 e. The summed E-state index contributed by atoms with van der Waals surface area (Å²) in [5.74, 6) is -0.255. The molecule has 104 valence electrons. The van der Waals surface area contributed by atoms with Crippen LogP contribution in [0, 0.1) is 5.92 Å². The molecule has 0 aromatic rings. The first-order chi connectivity index (χ1) is 8.50. The third-order valence-corrected chi connectivity index (χ3v) is 4.92. The highest BCUT2D eigenvalue weighted by molar-refractivity contribution is 7.88. The number of nitrogens with zero attached hydrogens (tertiary/aromatic N) is 1. The molecule has 2 fully saturated rings. The molecule has 18 heavy (non-hydrogen) atoms. The first-order valence-corrected chi connectivity index (χ1v) is 8.17. The molecule has 7 heteroatoms. The molecule has 1 saturated carbocycles. The van der Waals surface area contributed by atoms with Crippen molar-refractivity contribution in [2.75, 3.05) is 32.6 Å². The fourth-order valence-corrected chi connectivity index (χ4v) is 3.95. The molecule has 1 N–H and O–H groups in total. The van der Waals surface area contributed by atoms with E-state index < -0.39 is 10.0 Å². The van der Waals surface area contributed by atoms with Gasteiger partial charge < -0.3 is 10.1 Å². The summed E-state index contributed by atoms with van der Waals surface area (Å²) in [4.78, 5) is 12.0. The molecule has 6 nitrogen and oxygen atoms in total. The zero-order valence-electron chi connectivity index (χ0n) is 10.6. The Morgan fingerprint density at radius 3 is 2.83 bits per heavy atom. The number of carbonyl (C=O) groups excluding carboxylic acids is 1. The fourth-order valence-electron chi connectivity index (χ4n) is 2.80. The molecule has 1 aliphatic heterocycles. The standard InChI is InChI=1S/C11H20N2O4S/c1-18(15,16)13-6-8-17-7-5-12-11(14)9-3-2-4-10(9)13/h9-10H,2-8H2,1H3,(H,12,14). The van der Waals surface area contributed by atoms with Crippen LogP contribution >= 0.6 is 0 Å². The molecule has 2 atom stereocenters. The molecular weight excluding hydrogens is 256 g/mol. The summed E-state index contributed by atoms with van der Waals surface area (Å²) < 4.78 is 30.4. The van der Waals surface area contributed by atoms with E-state index in [0.717, 1.165) is 19.3 Å². The molecule has 2 rings (SSSR count). The molecule has 1 heterocycles. The highest BCUT2D eigenvalue weighted by Gasteiger charge is 2.40. The van der Waals surface area contributed by atoms with Crippen molar-refractivity contribution in [1.82, 2.24) is 9.62 Å². The number of sulfonamides is 1. The van der Waals surface area contributed by atoms with Gasteiger partial charge in [0.1, 0.15) is 0 Å². The van der Waals surface area contributed by atoms with Crippen molar-refractivity contribution in [3.63, 3.8) is 0 Å². The van der Waals surface area contributed by atoms with Gasteiger partial charge in [-0.15, -0.1) is 0 Å². The van der Waals surface area contributed by atoms with E-state index in [9.17, 15) is 13.2 Å². The number of amides is 1. The number of fused-ring (bicyclic) bond motifs is 1. The summed E-state index contributed by atoms with van der Waals surface area (Å²) in [5, 5.41) is 2.81. The zero-order valence-corrected chi connectivity index (χ0v) is 11.4. The lowest BCUT2D eigenvalue weighted by atomic mass is 10.0. The van der Waals surface area contributed by atoms with Gasteiger partial charge in [0, 0.05) is 19.1 Å². The van der Waals surface area contributed by atoms with E-state index in [1.165, 1.54) is 10.6 Å². The van der Waals surface area contributed by atoms with Gasteiger partial charge >= 0.3 is 0 Å². The molecule has 0 aromatic heterocycles. The van der Waals surface area contributed by atoms with Gasteiger partial charge in [0.15, 0.2) is 0 Å². The van der Waals surface area contributed by atoms with Crippen molar-refractivity contribution >= 4 is 15.9 Å². The molecule has 1 aliphatic carbocycles. The summed E-state index contributed by atoms with van der Waals surface area (Å²) in [7, 11) is -3.30. The molecule has 1 amide bonds. The number of hydrogen-bond donors (Lipinski definition) is 1. The molecule has 2 aliphatic rings. The minimum atomic E-state index is -3.30. The summed E-state index contributed by atoms with van der Waals surface area (Å²) >= 11 is 0. The summed E-state index contributed by atoms with van der Waals surface area (Å²) in [5.41, 5.74) is 0. The Kier molecular flexibility index (Phi) is 4.24. The average molecular weight is 276 g/mol. The van der Waals surface area contributed by atoms with Crippen LogP contribution in [0.4, 0.5) is 0 Å². The van der Waals surface area contributed by atoms with E-state index in [1.807, 2.05) is 0 Å². The van der Waals surface area contributed by atoms with Crippen LogP contribution in [0.5, 0.6) is 0 Å². The van der Waals surface area contributed by atoms with E-state index in [-0.39, 0.29) is 17.9 Å². The van der Waals surface area contributed by atoms with Crippen molar-refractivity contribution in [3.05, 3.63) is 0 Å². The van der Waals surface area contributed by atoms with E-state index in [0.29, 0.717) is 26.3 Å². The number of nitrogens with one attached hydrogen (secondary N) is 1. The second-order valence-corrected chi connectivity index (χ2v) is 6.82. The highest BCUT2D eigenvalue weighted by atomic mass is 32.2. The van der Waals surface area contributed by atoms with Crippen molar-refractivity contribution in [2.45, 2.75) is 25.3 Å². The van der Waals surface area contributed by atoms with Gasteiger partial charge in [-0.05, 0) is 12.8 Å². The van der Waals surface area contributed by atoms with Crippen LogP contribution in [0.25, 0.3) is 0 Å². The van der Waals surface area contributed by atoms with Crippen molar-refractivity contribution in [2.24, 2.45) is 5.92 Å². The van der Waals surface area contributed by atoms with E-state index in [2.05, 4.69) is 5.32 Å². The van der Waals surface area contributed by atoms with Crippen molar-refractivity contribution < 1.29 is 17.9 Å². The van der Waals surface area contributed by atoms with E-state index in [4.69, 9.17) is 4.74 Å². The number of ether oxygens (including phenoxy) is 1. The Labute approximate surface area is 108 Å². The largest absolute Gasteiger partial charge is 0.378 e. The molecule has 0 spiro atoms. The number of carbonyl (C=O) groups is 1. The Morgan fingerprint density at radius 1 is 1.33 bits per heavy atom. The molecule has 2 unspecified atom stereocenters. The Balaban J connectivity index is 2.23. The molecule has 0 radical (unpaired) electrons. The normalized spacial score (nSPS) is 31.7.